The van der Waals surface area contributed by atoms with Crippen molar-refractivity contribution in [2.75, 3.05) is 0 Å². The summed E-state index contributed by atoms with van der Waals surface area (Å²) in [6.07, 6.45) is -0.185. The van der Waals surface area contributed by atoms with Gasteiger partial charge in [0.15, 0.2) is 0 Å². The van der Waals surface area contributed by atoms with E-state index in [4.69, 9.17) is 5.11 Å². The standard InChI is InChI=1S/C7H7NO4/c1-3-5(9)8(7(11)12)6(10)4-2/h3-4H,1-2H2,(H,11,12)/q+1. The topological polar surface area (TPSA) is 77.3 Å². The van der Waals surface area contributed by atoms with Crippen LogP contribution in [0.5, 0.6) is 0 Å². The van der Waals surface area contributed by atoms with Gasteiger partial charge < -0.3 is 5.11 Å². The molecule has 0 aliphatic carbocycles. The third kappa shape index (κ3) is 2.14. The van der Waals surface area contributed by atoms with Gasteiger partial charge in [-0.15, -0.1) is 0 Å². The summed E-state index contributed by atoms with van der Waals surface area (Å²) in [4.78, 5) is 31.7. The van der Waals surface area contributed by atoms with Gasteiger partial charge >= 0.3 is 17.9 Å². The van der Waals surface area contributed by atoms with E-state index in [0.29, 0.717) is 0 Å². The van der Waals surface area contributed by atoms with Crippen molar-refractivity contribution in [1.82, 2.24) is 4.90 Å². The van der Waals surface area contributed by atoms with E-state index in [0.717, 1.165) is 12.2 Å². The van der Waals surface area contributed by atoms with Crippen LogP contribution in [0, 0.1) is 0 Å². The van der Waals surface area contributed by atoms with Gasteiger partial charge in [0, 0.05) is 12.2 Å². The Labute approximate surface area is 68.6 Å². The lowest BCUT2D eigenvalue weighted by atomic mass is 10.4. The van der Waals surface area contributed by atoms with Gasteiger partial charge in [0.05, 0.1) is 4.90 Å². The first-order valence-electron chi connectivity index (χ1n) is 2.90. The zero-order valence-electron chi connectivity index (χ0n) is 6.19. The van der Waals surface area contributed by atoms with Gasteiger partial charge in [-0.25, -0.2) is 9.59 Å². The molecule has 0 rings (SSSR count). The molecule has 3 amide bonds. The monoisotopic (exact) mass is 169 g/mol. The average Bonchev–Trinajstić information content (AvgIpc) is 2.03. The molecule has 0 aromatic carbocycles. The highest BCUT2D eigenvalue weighted by molar-refractivity contribution is 6.18. The first kappa shape index (κ1) is 10.2. The van der Waals surface area contributed by atoms with E-state index in [2.05, 4.69) is 13.2 Å². The van der Waals surface area contributed by atoms with E-state index in [-0.39, 0.29) is 4.90 Å². The van der Waals surface area contributed by atoms with Crippen molar-refractivity contribution in [2.24, 2.45) is 0 Å². The van der Waals surface area contributed by atoms with Crippen LogP contribution in [0.4, 0.5) is 4.79 Å². The quantitative estimate of drug-likeness (QED) is 0.474. The Morgan fingerprint density at radius 2 is 1.42 bits per heavy atom. The van der Waals surface area contributed by atoms with Crippen molar-refractivity contribution in [2.45, 2.75) is 0 Å². The largest absolute Gasteiger partial charge is 0.581 e. The fourth-order valence-corrected chi connectivity index (χ4v) is 0.480. The molecule has 1 radical (unpaired) electrons. The minimum atomic E-state index is -1.65. The normalized spacial score (nSPS) is 9.08. The van der Waals surface area contributed by atoms with Gasteiger partial charge in [-0.1, -0.05) is 13.2 Å². The van der Waals surface area contributed by atoms with Gasteiger partial charge in [-0.2, -0.15) is 4.79 Å². The SMILES string of the molecule is C=CC(=O)[N+](C(=O)O)C(=O)C=C. The molecule has 0 spiro atoms. The number of hydrogen-bond acceptors (Lipinski definition) is 3. The second-order valence-corrected chi connectivity index (χ2v) is 1.70. The minimum absolute atomic E-state index is 0.0139. The molecule has 0 unspecified atom stereocenters. The van der Waals surface area contributed by atoms with Crippen LogP contribution in [0.25, 0.3) is 0 Å². The molecule has 5 nitrogen and oxygen atoms in total. The van der Waals surface area contributed by atoms with Crippen LogP contribution in [-0.4, -0.2) is 23.0 Å². The molecule has 0 heterocycles. The van der Waals surface area contributed by atoms with Crippen molar-refractivity contribution in [3.8, 4) is 0 Å². The summed E-state index contributed by atoms with van der Waals surface area (Å²) in [7, 11) is 0. The number of carbonyl (C=O) groups excluding carboxylic acids is 2. The maximum atomic E-state index is 10.7. The fourth-order valence-electron chi connectivity index (χ4n) is 0.480. The zero-order valence-corrected chi connectivity index (χ0v) is 6.19. The van der Waals surface area contributed by atoms with Crippen LogP contribution >= 0.6 is 0 Å². The number of nitrogens with zero attached hydrogens (tertiary/aromatic N) is 1. The summed E-state index contributed by atoms with van der Waals surface area (Å²) in [6.45, 7) is 6.08. The van der Waals surface area contributed by atoms with E-state index in [1.807, 2.05) is 0 Å². The predicted molar refractivity (Wildman–Crippen MR) is 40.6 cm³/mol. The predicted octanol–water partition coefficient (Wildman–Crippen LogP) is 0.230. The van der Waals surface area contributed by atoms with E-state index in [1.165, 1.54) is 0 Å². The molecular formula is C7H7NO4+. The Morgan fingerprint density at radius 1 is 1.08 bits per heavy atom. The summed E-state index contributed by atoms with van der Waals surface area (Å²) in [6, 6.07) is 0. The minimum Gasteiger partial charge on any atom is -0.431 e. The van der Waals surface area contributed by atoms with E-state index < -0.39 is 17.9 Å². The Kier molecular flexibility index (Phi) is 3.58. The lowest BCUT2D eigenvalue weighted by Crippen LogP contribution is -2.44. The summed E-state index contributed by atoms with van der Waals surface area (Å²) in [5.41, 5.74) is 0. The molecular weight excluding hydrogens is 162 g/mol. The number of rotatable bonds is 2. The third-order valence-electron chi connectivity index (χ3n) is 0.981. The Bertz CT molecular complexity index is 236. The average molecular weight is 169 g/mol. The Hall–Kier alpha value is -1.75. The Morgan fingerprint density at radius 3 is 1.58 bits per heavy atom. The van der Waals surface area contributed by atoms with Gasteiger partial charge in [0.1, 0.15) is 0 Å². The molecule has 0 atom stereocenters. The summed E-state index contributed by atoms with van der Waals surface area (Å²) in [5.74, 6) is -1.99. The third-order valence-corrected chi connectivity index (χ3v) is 0.981. The number of carboxylic acid groups (broad SMARTS) is 1. The molecule has 0 aromatic rings. The van der Waals surface area contributed by atoms with Crippen LogP contribution in [0.1, 0.15) is 0 Å². The van der Waals surface area contributed by atoms with Crippen molar-refractivity contribution < 1.29 is 19.5 Å². The number of carbonyl (C=O) groups is 3. The molecule has 0 saturated heterocycles. The molecule has 0 aliphatic heterocycles. The van der Waals surface area contributed by atoms with Crippen LogP contribution < -0.4 is 4.90 Å². The van der Waals surface area contributed by atoms with E-state index in [1.54, 1.807) is 0 Å². The maximum absolute atomic E-state index is 10.7. The van der Waals surface area contributed by atoms with Crippen LogP contribution in [-0.2, 0) is 9.59 Å². The molecule has 5 heteroatoms. The highest BCUT2D eigenvalue weighted by atomic mass is 16.4. The summed E-state index contributed by atoms with van der Waals surface area (Å²) in [5, 5.41) is 8.36. The molecule has 0 aromatic heterocycles. The lowest BCUT2D eigenvalue weighted by molar-refractivity contribution is -0.129. The van der Waals surface area contributed by atoms with Crippen molar-refractivity contribution in [1.29, 1.82) is 0 Å². The number of amides is 3. The van der Waals surface area contributed by atoms with Gasteiger partial charge in [-0.05, 0) is 0 Å². The van der Waals surface area contributed by atoms with E-state index in [9.17, 15) is 14.4 Å². The molecule has 12 heavy (non-hydrogen) atoms. The first-order valence-corrected chi connectivity index (χ1v) is 2.90. The van der Waals surface area contributed by atoms with Crippen LogP contribution in [0.3, 0.4) is 0 Å². The molecule has 63 valence electrons. The fraction of sp³-hybridized carbons (Fsp3) is 0. The maximum Gasteiger partial charge on any atom is 0.581 e. The first-order chi connectivity index (χ1) is 5.54. The number of hydrogen-bond donors (Lipinski definition) is 1. The molecule has 0 bridgehead atoms. The summed E-state index contributed by atoms with van der Waals surface area (Å²) >= 11 is 0. The second-order valence-electron chi connectivity index (χ2n) is 1.70. The molecule has 0 fully saturated rings. The van der Waals surface area contributed by atoms with Crippen molar-refractivity contribution >= 4 is 17.9 Å². The van der Waals surface area contributed by atoms with Crippen LogP contribution in [0.2, 0.25) is 0 Å². The lowest BCUT2D eigenvalue weighted by Gasteiger charge is -1.93. The van der Waals surface area contributed by atoms with Crippen molar-refractivity contribution in [3.05, 3.63) is 25.3 Å². The zero-order chi connectivity index (χ0) is 9.72. The second kappa shape index (κ2) is 4.20. The smallest absolute Gasteiger partial charge is 0.431 e. The molecule has 1 N–H and O–H groups in total. The number of imide groups is 3. The van der Waals surface area contributed by atoms with Crippen LogP contribution in [0.15, 0.2) is 25.3 Å². The highest BCUT2D eigenvalue weighted by Crippen LogP contribution is 1.89. The molecule has 0 aliphatic rings. The van der Waals surface area contributed by atoms with E-state index >= 15 is 0 Å². The van der Waals surface area contributed by atoms with Crippen molar-refractivity contribution in [3.63, 3.8) is 0 Å². The molecule has 0 saturated carbocycles. The van der Waals surface area contributed by atoms with Gasteiger partial charge in [0.2, 0.25) is 0 Å². The Balaban J connectivity index is 4.78. The highest BCUT2D eigenvalue weighted by Gasteiger charge is 2.39. The van der Waals surface area contributed by atoms with Gasteiger partial charge in [-0.3, -0.25) is 0 Å². The van der Waals surface area contributed by atoms with Gasteiger partial charge in [0.25, 0.3) is 0 Å². The summed E-state index contributed by atoms with van der Waals surface area (Å²) < 4.78 is 0.